The summed E-state index contributed by atoms with van der Waals surface area (Å²) in [5, 5.41) is 0. The third-order valence-electron chi connectivity index (χ3n) is 5.55. The van der Waals surface area contributed by atoms with Gasteiger partial charge in [0.1, 0.15) is 5.75 Å². The predicted molar refractivity (Wildman–Crippen MR) is 98.8 cm³/mol. The van der Waals surface area contributed by atoms with Crippen LogP contribution in [0.3, 0.4) is 0 Å². The average Bonchev–Trinajstić information content (AvgIpc) is 2.68. The van der Waals surface area contributed by atoms with Gasteiger partial charge in [-0.05, 0) is 53.5 Å². The molecule has 0 heterocycles. The van der Waals surface area contributed by atoms with Crippen LogP contribution in [-0.4, -0.2) is 18.2 Å². The van der Waals surface area contributed by atoms with Gasteiger partial charge in [-0.3, -0.25) is 0 Å². The summed E-state index contributed by atoms with van der Waals surface area (Å²) in [7, 11) is 0. The molecule has 0 atom stereocenters. The molecule has 164 valence electrons. The van der Waals surface area contributed by atoms with Crippen molar-refractivity contribution in [2.45, 2.75) is 56.7 Å². The first-order valence-corrected chi connectivity index (χ1v) is 9.62. The van der Waals surface area contributed by atoms with E-state index in [0.717, 1.165) is 36.5 Å². The van der Waals surface area contributed by atoms with Gasteiger partial charge in [0.25, 0.3) is 0 Å². The molecule has 0 unspecified atom stereocenters. The molecule has 0 radical (unpaired) electrons. The number of rotatable bonds is 5. The van der Waals surface area contributed by atoms with E-state index in [4.69, 9.17) is 0 Å². The third-order valence-corrected chi connectivity index (χ3v) is 5.55. The van der Waals surface area contributed by atoms with Gasteiger partial charge in [0.2, 0.25) is 0 Å². The quantitative estimate of drug-likeness (QED) is 0.436. The molecular formula is C22H21F7O. The molecule has 1 nitrogen and oxygen atoms in total. The monoisotopic (exact) mass is 434 g/mol. The van der Waals surface area contributed by atoms with Crippen molar-refractivity contribution in [3.8, 4) is 16.9 Å². The summed E-state index contributed by atoms with van der Waals surface area (Å²) >= 11 is 0. The van der Waals surface area contributed by atoms with Gasteiger partial charge in [0, 0.05) is 0 Å². The Kier molecular flexibility index (Phi) is 6.07. The molecule has 30 heavy (non-hydrogen) atoms. The van der Waals surface area contributed by atoms with Crippen molar-refractivity contribution < 1.29 is 35.5 Å². The molecule has 0 aliphatic heterocycles. The standard InChI is InChI=1S/C22H21F7O/c1-14-2-4-15(5-3-14)16-6-8-17(9-7-16)18-10-12-19(13-11-18)30-22(28,29)20(23,24)21(25,26)27/h6-15H,2-5H2,1H3. The van der Waals surface area contributed by atoms with Crippen LogP contribution in [-0.2, 0) is 0 Å². The van der Waals surface area contributed by atoms with E-state index in [1.165, 1.54) is 30.5 Å². The zero-order chi connectivity index (χ0) is 22.2. The van der Waals surface area contributed by atoms with Crippen molar-refractivity contribution in [1.82, 2.24) is 0 Å². The molecule has 1 fully saturated rings. The molecular weight excluding hydrogens is 413 g/mol. The van der Waals surface area contributed by atoms with Crippen LogP contribution < -0.4 is 4.74 Å². The lowest BCUT2D eigenvalue weighted by Crippen LogP contribution is -2.55. The topological polar surface area (TPSA) is 9.23 Å². The second-order valence-corrected chi connectivity index (χ2v) is 7.79. The molecule has 3 rings (SSSR count). The van der Waals surface area contributed by atoms with Crippen molar-refractivity contribution in [1.29, 1.82) is 0 Å². The van der Waals surface area contributed by atoms with Crippen LogP contribution in [0.1, 0.15) is 44.1 Å². The van der Waals surface area contributed by atoms with Gasteiger partial charge in [-0.1, -0.05) is 56.2 Å². The van der Waals surface area contributed by atoms with E-state index in [9.17, 15) is 30.7 Å². The molecule has 8 heteroatoms. The van der Waals surface area contributed by atoms with Gasteiger partial charge in [0.15, 0.2) is 0 Å². The average molecular weight is 434 g/mol. The highest BCUT2D eigenvalue weighted by atomic mass is 19.4. The minimum absolute atomic E-state index is 0.503. The molecule has 0 spiro atoms. The molecule has 1 aliphatic rings. The molecule has 2 aromatic rings. The molecule has 0 aromatic heterocycles. The van der Waals surface area contributed by atoms with Gasteiger partial charge >= 0.3 is 18.2 Å². The fraction of sp³-hybridized carbons (Fsp3) is 0.455. The van der Waals surface area contributed by atoms with Crippen molar-refractivity contribution in [3.05, 3.63) is 54.1 Å². The highest BCUT2D eigenvalue weighted by Gasteiger charge is 2.75. The largest absolute Gasteiger partial charge is 0.474 e. The lowest BCUT2D eigenvalue weighted by atomic mass is 9.79. The van der Waals surface area contributed by atoms with E-state index in [0.29, 0.717) is 11.5 Å². The van der Waals surface area contributed by atoms with E-state index in [1.54, 1.807) is 0 Å². The molecule has 1 saturated carbocycles. The second kappa shape index (κ2) is 8.12. The zero-order valence-corrected chi connectivity index (χ0v) is 16.2. The highest BCUT2D eigenvalue weighted by Crippen LogP contribution is 2.47. The normalized spacial score (nSPS) is 20.8. The van der Waals surface area contributed by atoms with Crippen molar-refractivity contribution >= 4 is 0 Å². The molecule has 2 aromatic carbocycles. The summed E-state index contributed by atoms with van der Waals surface area (Å²) < 4.78 is 92.9. The summed E-state index contributed by atoms with van der Waals surface area (Å²) in [5.41, 5.74) is 2.58. The number of hydrogen-bond donors (Lipinski definition) is 0. The first kappa shape index (κ1) is 22.4. The first-order valence-electron chi connectivity index (χ1n) is 9.62. The maximum Gasteiger partial charge on any atom is 0.474 e. The van der Waals surface area contributed by atoms with Gasteiger partial charge in [-0.2, -0.15) is 30.7 Å². The Hall–Kier alpha value is -2.25. The van der Waals surface area contributed by atoms with Gasteiger partial charge in [-0.15, -0.1) is 0 Å². The Morgan fingerprint density at radius 1 is 0.700 bits per heavy atom. The molecule has 0 saturated heterocycles. The number of alkyl halides is 7. The number of benzene rings is 2. The molecule has 0 N–H and O–H groups in total. The van der Waals surface area contributed by atoms with Crippen LogP contribution in [0.4, 0.5) is 30.7 Å². The first-order chi connectivity index (χ1) is 13.9. The zero-order valence-electron chi connectivity index (χ0n) is 16.2. The van der Waals surface area contributed by atoms with Gasteiger partial charge < -0.3 is 4.74 Å². The van der Waals surface area contributed by atoms with Crippen LogP contribution >= 0.6 is 0 Å². The fourth-order valence-electron chi connectivity index (χ4n) is 3.63. The summed E-state index contributed by atoms with van der Waals surface area (Å²) in [6.45, 7) is 2.24. The van der Waals surface area contributed by atoms with E-state index in [2.05, 4.69) is 11.7 Å². The van der Waals surface area contributed by atoms with E-state index in [1.807, 2.05) is 24.3 Å². The number of halogens is 7. The Labute approximate surface area is 169 Å². The summed E-state index contributed by atoms with van der Waals surface area (Å²) in [6, 6.07) is 12.3. The SMILES string of the molecule is CC1CCC(c2ccc(-c3ccc(OC(F)(F)C(F)(F)C(F)(F)F)cc3)cc2)CC1. The van der Waals surface area contributed by atoms with E-state index >= 15 is 0 Å². The van der Waals surface area contributed by atoms with Crippen LogP contribution in [0, 0.1) is 5.92 Å². The predicted octanol–water partition coefficient (Wildman–Crippen LogP) is 7.82. The van der Waals surface area contributed by atoms with Crippen LogP contribution in [0.5, 0.6) is 5.75 Å². The lowest BCUT2D eigenvalue weighted by Gasteiger charge is -2.27. The summed E-state index contributed by atoms with van der Waals surface area (Å²) in [5.74, 6) is -5.86. The molecule has 1 aliphatic carbocycles. The minimum atomic E-state index is -6.44. The number of ether oxygens (including phenoxy) is 1. The summed E-state index contributed by atoms with van der Waals surface area (Å²) in [6.07, 6.45) is -7.54. The Morgan fingerprint density at radius 2 is 1.17 bits per heavy atom. The van der Waals surface area contributed by atoms with E-state index in [-0.39, 0.29) is 0 Å². The van der Waals surface area contributed by atoms with Gasteiger partial charge in [-0.25, -0.2) is 0 Å². The molecule has 0 bridgehead atoms. The maximum absolute atomic E-state index is 13.4. The molecule has 0 amide bonds. The second-order valence-electron chi connectivity index (χ2n) is 7.79. The van der Waals surface area contributed by atoms with Crippen molar-refractivity contribution in [3.63, 3.8) is 0 Å². The van der Waals surface area contributed by atoms with Crippen LogP contribution in [0.2, 0.25) is 0 Å². The minimum Gasteiger partial charge on any atom is -0.428 e. The fourth-order valence-corrected chi connectivity index (χ4v) is 3.63. The van der Waals surface area contributed by atoms with Crippen LogP contribution in [0.15, 0.2) is 48.5 Å². The van der Waals surface area contributed by atoms with Crippen LogP contribution in [0.25, 0.3) is 11.1 Å². The smallest absolute Gasteiger partial charge is 0.428 e. The van der Waals surface area contributed by atoms with Gasteiger partial charge in [0.05, 0.1) is 0 Å². The highest BCUT2D eigenvalue weighted by molar-refractivity contribution is 5.64. The summed E-state index contributed by atoms with van der Waals surface area (Å²) in [4.78, 5) is 0. The maximum atomic E-state index is 13.4. The van der Waals surface area contributed by atoms with Crippen molar-refractivity contribution in [2.24, 2.45) is 5.92 Å². The Balaban J connectivity index is 1.70. The van der Waals surface area contributed by atoms with Crippen molar-refractivity contribution in [2.75, 3.05) is 0 Å². The Morgan fingerprint density at radius 3 is 1.63 bits per heavy atom. The Bertz CT molecular complexity index is 833. The number of hydrogen-bond acceptors (Lipinski definition) is 1. The third kappa shape index (κ3) is 4.57. The van der Waals surface area contributed by atoms with E-state index < -0.39 is 24.0 Å². The lowest BCUT2D eigenvalue weighted by molar-refractivity contribution is -0.402.